The highest BCUT2D eigenvalue weighted by atomic mass is 16.6. The van der Waals surface area contributed by atoms with Crippen molar-refractivity contribution in [2.75, 3.05) is 0 Å². The van der Waals surface area contributed by atoms with Crippen LogP contribution in [0.25, 0.3) is 0 Å². The highest BCUT2D eigenvalue weighted by Gasteiger charge is 2.50. The summed E-state index contributed by atoms with van der Waals surface area (Å²) in [7, 11) is 0. The number of rotatable bonds is 8. The van der Waals surface area contributed by atoms with Crippen molar-refractivity contribution in [2.24, 2.45) is 5.92 Å². The van der Waals surface area contributed by atoms with E-state index in [4.69, 9.17) is 9.47 Å². The normalized spacial score (nSPS) is 13.6. The van der Waals surface area contributed by atoms with Crippen molar-refractivity contribution in [3.63, 3.8) is 0 Å². The quantitative estimate of drug-likeness (QED) is 0.552. The zero-order valence-electron chi connectivity index (χ0n) is 17.4. The van der Waals surface area contributed by atoms with E-state index >= 15 is 0 Å². The summed E-state index contributed by atoms with van der Waals surface area (Å²) in [6, 6.07) is 17.8. The van der Waals surface area contributed by atoms with Gasteiger partial charge in [0.05, 0.1) is 11.1 Å². The monoisotopic (exact) mass is 382 g/mol. The van der Waals surface area contributed by atoms with E-state index in [0.717, 1.165) is 0 Å². The fraction of sp³-hybridized carbons (Fsp3) is 0.417. The Hall–Kier alpha value is -2.62. The number of hydrogen-bond donors (Lipinski definition) is 0. The van der Waals surface area contributed by atoms with Gasteiger partial charge < -0.3 is 9.47 Å². The summed E-state index contributed by atoms with van der Waals surface area (Å²) in [5, 5.41) is 0. The maximum Gasteiger partial charge on any atom is 0.338 e. The molecule has 28 heavy (non-hydrogen) atoms. The first-order chi connectivity index (χ1) is 13.2. The molecule has 4 heteroatoms. The molecule has 0 aliphatic carbocycles. The molecule has 150 valence electrons. The maximum absolute atomic E-state index is 12.8. The van der Waals surface area contributed by atoms with Gasteiger partial charge in [0, 0.05) is 0 Å². The molecule has 0 aromatic heterocycles. The van der Waals surface area contributed by atoms with E-state index < -0.39 is 23.1 Å². The van der Waals surface area contributed by atoms with Gasteiger partial charge in [-0.1, -0.05) is 57.2 Å². The summed E-state index contributed by atoms with van der Waals surface area (Å²) in [5.74, 6) is -0.590. The zero-order chi connectivity index (χ0) is 20.8. The summed E-state index contributed by atoms with van der Waals surface area (Å²) < 4.78 is 12.0. The second-order valence-electron chi connectivity index (χ2n) is 7.97. The number of ether oxygens (including phenoxy) is 2. The molecule has 2 rings (SSSR count). The first-order valence-electron chi connectivity index (χ1n) is 9.77. The van der Waals surface area contributed by atoms with Crippen LogP contribution in [0, 0.1) is 5.92 Å². The highest BCUT2D eigenvalue weighted by Crippen LogP contribution is 2.39. The van der Waals surface area contributed by atoms with E-state index in [9.17, 15) is 9.59 Å². The number of benzene rings is 2. The van der Waals surface area contributed by atoms with Crippen LogP contribution in [0.2, 0.25) is 0 Å². The van der Waals surface area contributed by atoms with Crippen LogP contribution >= 0.6 is 0 Å². The predicted octanol–water partition coefficient (Wildman–Crippen LogP) is 5.67. The summed E-state index contributed by atoms with van der Waals surface area (Å²) in [5.41, 5.74) is -1.00. The molecule has 0 N–H and O–H groups in total. The van der Waals surface area contributed by atoms with Crippen LogP contribution in [0.3, 0.4) is 0 Å². The molecule has 0 fully saturated rings. The Kier molecular flexibility index (Phi) is 7.00. The lowest BCUT2D eigenvalue weighted by molar-refractivity contribution is -0.152. The molecule has 4 nitrogen and oxygen atoms in total. The number of carbonyl (C=O) groups is 2. The molecule has 1 unspecified atom stereocenters. The molecule has 0 spiro atoms. The molecular weight excluding hydrogens is 352 g/mol. The van der Waals surface area contributed by atoms with Gasteiger partial charge in [0.25, 0.3) is 0 Å². The Morgan fingerprint density at radius 3 is 1.64 bits per heavy atom. The van der Waals surface area contributed by atoms with Gasteiger partial charge >= 0.3 is 11.9 Å². The molecule has 1 atom stereocenters. The van der Waals surface area contributed by atoms with Crippen LogP contribution in [0.15, 0.2) is 60.7 Å². The van der Waals surface area contributed by atoms with Gasteiger partial charge in [-0.3, -0.25) is 0 Å². The Bertz CT molecular complexity index is 781. The van der Waals surface area contributed by atoms with Crippen molar-refractivity contribution in [2.45, 2.75) is 58.7 Å². The molecule has 0 amide bonds. The Morgan fingerprint density at radius 2 is 1.25 bits per heavy atom. The lowest BCUT2D eigenvalue weighted by atomic mass is 9.77. The van der Waals surface area contributed by atoms with E-state index in [-0.39, 0.29) is 5.92 Å². The van der Waals surface area contributed by atoms with Crippen molar-refractivity contribution in [3.8, 4) is 0 Å². The minimum absolute atomic E-state index is 0.248. The minimum atomic E-state index is -1.01. The van der Waals surface area contributed by atoms with Crippen LogP contribution in [-0.2, 0) is 9.47 Å². The first kappa shape index (κ1) is 21.7. The average Bonchev–Trinajstić information content (AvgIpc) is 2.67. The molecule has 2 aromatic carbocycles. The van der Waals surface area contributed by atoms with Crippen molar-refractivity contribution in [1.82, 2.24) is 0 Å². The SMILES string of the molecule is CCC(CC(C)C)(OC(=O)c1ccccc1)C(C)(C)OC(=O)c1ccccc1. The first-order valence-corrected chi connectivity index (χ1v) is 9.77. The smallest absolute Gasteiger partial charge is 0.338 e. The van der Waals surface area contributed by atoms with Crippen LogP contribution in [-0.4, -0.2) is 23.1 Å². The summed E-state index contributed by atoms with van der Waals surface area (Å²) in [6.07, 6.45) is 1.11. The molecule has 0 radical (unpaired) electrons. The summed E-state index contributed by atoms with van der Waals surface area (Å²) in [6.45, 7) is 9.72. The Labute approximate surface area is 167 Å². The van der Waals surface area contributed by atoms with Gasteiger partial charge in [-0.15, -0.1) is 0 Å². The standard InChI is InChI=1S/C24H30O4/c1-6-24(17-18(2)3,28-22(26)20-15-11-8-12-16-20)23(4,5)27-21(25)19-13-9-7-10-14-19/h7-16,18H,6,17H2,1-5H3. The van der Waals surface area contributed by atoms with E-state index in [1.165, 1.54) is 0 Å². The maximum atomic E-state index is 12.8. The minimum Gasteiger partial charge on any atom is -0.452 e. The van der Waals surface area contributed by atoms with Crippen molar-refractivity contribution in [3.05, 3.63) is 71.8 Å². The summed E-state index contributed by atoms with van der Waals surface area (Å²) >= 11 is 0. The number of esters is 2. The molecule has 0 bridgehead atoms. The van der Waals surface area contributed by atoms with Gasteiger partial charge in [0.15, 0.2) is 5.60 Å². The fourth-order valence-electron chi connectivity index (χ4n) is 3.48. The van der Waals surface area contributed by atoms with Gasteiger partial charge in [-0.05, 0) is 56.9 Å². The third kappa shape index (κ3) is 5.00. The zero-order valence-corrected chi connectivity index (χ0v) is 17.4. The number of carbonyl (C=O) groups excluding carboxylic acids is 2. The largest absolute Gasteiger partial charge is 0.452 e. The van der Waals surface area contributed by atoms with E-state index in [1.54, 1.807) is 48.5 Å². The molecule has 0 heterocycles. The predicted molar refractivity (Wildman–Crippen MR) is 110 cm³/mol. The van der Waals surface area contributed by atoms with Gasteiger partial charge in [0.1, 0.15) is 5.60 Å². The lowest BCUT2D eigenvalue weighted by Gasteiger charge is -2.45. The topological polar surface area (TPSA) is 52.6 Å². The average molecular weight is 383 g/mol. The van der Waals surface area contributed by atoms with Crippen LogP contribution < -0.4 is 0 Å². The van der Waals surface area contributed by atoms with E-state index in [2.05, 4.69) is 13.8 Å². The van der Waals surface area contributed by atoms with Crippen molar-refractivity contribution in [1.29, 1.82) is 0 Å². The fourth-order valence-corrected chi connectivity index (χ4v) is 3.48. The van der Waals surface area contributed by atoms with Gasteiger partial charge in [-0.2, -0.15) is 0 Å². The molecular formula is C24H30O4. The Balaban J connectivity index is 2.33. The van der Waals surface area contributed by atoms with Crippen molar-refractivity contribution >= 4 is 11.9 Å². The van der Waals surface area contributed by atoms with E-state index in [0.29, 0.717) is 24.0 Å². The molecule has 2 aromatic rings. The van der Waals surface area contributed by atoms with Crippen molar-refractivity contribution < 1.29 is 19.1 Å². The van der Waals surface area contributed by atoms with Crippen LogP contribution in [0.5, 0.6) is 0 Å². The second kappa shape index (κ2) is 9.05. The third-order valence-electron chi connectivity index (χ3n) is 5.06. The lowest BCUT2D eigenvalue weighted by Crippen LogP contribution is -2.56. The summed E-state index contributed by atoms with van der Waals surface area (Å²) in [4.78, 5) is 25.5. The van der Waals surface area contributed by atoms with Gasteiger partial charge in [0.2, 0.25) is 0 Å². The molecule has 0 aliphatic rings. The third-order valence-corrected chi connectivity index (χ3v) is 5.06. The number of hydrogen-bond acceptors (Lipinski definition) is 4. The molecule has 0 aliphatic heterocycles. The van der Waals surface area contributed by atoms with E-state index in [1.807, 2.05) is 32.9 Å². The Morgan fingerprint density at radius 1 is 0.821 bits per heavy atom. The molecule has 0 saturated heterocycles. The molecule has 0 saturated carbocycles. The van der Waals surface area contributed by atoms with Crippen LogP contribution in [0.1, 0.15) is 68.2 Å². The second-order valence-corrected chi connectivity index (χ2v) is 7.97. The van der Waals surface area contributed by atoms with Gasteiger partial charge in [-0.25, -0.2) is 9.59 Å². The highest BCUT2D eigenvalue weighted by molar-refractivity contribution is 5.90. The van der Waals surface area contributed by atoms with Crippen LogP contribution in [0.4, 0.5) is 0 Å².